The van der Waals surface area contributed by atoms with E-state index in [4.69, 9.17) is 0 Å². The van der Waals surface area contributed by atoms with Gasteiger partial charge in [-0.2, -0.15) is 0 Å². The van der Waals surface area contributed by atoms with E-state index >= 15 is 0 Å². The summed E-state index contributed by atoms with van der Waals surface area (Å²) in [6, 6.07) is 6.22. The van der Waals surface area contributed by atoms with Crippen LogP contribution in [0.1, 0.15) is 89.2 Å². The molecule has 0 amide bonds. The highest BCUT2D eigenvalue weighted by Crippen LogP contribution is 2.66. The molecule has 0 saturated heterocycles. The zero-order valence-corrected chi connectivity index (χ0v) is 15.8. The van der Waals surface area contributed by atoms with Gasteiger partial charge in [-0.15, -0.1) is 0 Å². The molecule has 1 nitrogen and oxygen atoms in total. The molecule has 0 aliphatic heterocycles. The van der Waals surface area contributed by atoms with Crippen molar-refractivity contribution in [1.82, 2.24) is 0 Å². The van der Waals surface area contributed by atoms with Gasteiger partial charge in [-0.05, 0) is 96.8 Å². The first-order valence-electron chi connectivity index (χ1n) is 10.2. The van der Waals surface area contributed by atoms with Crippen LogP contribution in [0.2, 0.25) is 0 Å². The molecular formula is C23H34O. The number of hydrogen-bond acceptors (Lipinski definition) is 1. The predicted octanol–water partition coefficient (Wildman–Crippen LogP) is 6.44. The lowest BCUT2D eigenvalue weighted by Gasteiger charge is -2.60. The minimum atomic E-state index is 0.447. The molecule has 3 atom stereocenters. The van der Waals surface area contributed by atoms with Crippen LogP contribution in [0.15, 0.2) is 18.2 Å². The van der Waals surface area contributed by atoms with E-state index in [9.17, 15) is 5.11 Å². The minimum Gasteiger partial charge on any atom is -0.508 e. The quantitative estimate of drug-likeness (QED) is 0.677. The molecule has 1 N–H and O–H groups in total. The molecule has 1 heteroatoms. The summed E-state index contributed by atoms with van der Waals surface area (Å²) in [7, 11) is 0. The SMILES string of the molecule is CC(C)CC[C@H]1CC2(CCC2)C[C@@H]2c3ccc(O)cc3CC[C@@]12C. The van der Waals surface area contributed by atoms with E-state index in [0.717, 1.165) is 18.3 Å². The van der Waals surface area contributed by atoms with Crippen LogP contribution in [0.3, 0.4) is 0 Å². The maximum absolute atomic E-state index is 9.91. The first-order valence-corrected chi connectivity index (χ1v) is 10.2. The second kappa shape index (κ2) is 5.78. The molecule has 1 aromatic rings. The van der Waals surface area contributed by atoms with Crippen LogP contribution in [0.5, 0.6) is 5.75 Å². The molecule has 0 radical (unpaired) electrons. The Labute approximate surface area is 147 Å². The van der Waals surface area contributed by atoms with Gasteiger partial charge in [-0.25, -0.2) is 0 Å². The molecule has 2 fully saturated rings. The monoisotopic (exact) mass is 326 g/mol. The van der Waals surface area contributed by atoms with Crippen LogP contribution < -0.4 is 0 Å². The van der Waals surface area contributed by atoms with E-state index in [-0.39, 0.29) is 0 Å². The van der Waals surface area contributed by atoms with Crippen LogP contribution in [0.25, 0.3) is 0 Å². The van der Waals surface area contributed by atoms with Gasteiger partial charge in [0.25, 0.3) is 0 Å². The second-order valence-corrected chi connectivity index (χ2v) is 9.87. The van der Waals surface area contributed by atoms with Gasteiger partial charge in [0.2, 0.25) is 0 Å². The fraction of sp³-hybridized carbons (Fsp3) is 0.739. The molecule has 4 rings (SSSR count). The molecule has 0 aromatic heterocycles. The molecule has 132 valence electrons. The van der Waals surface area contributed by atoms with Crippen molar-refractivity contribution < 1.29 is 5.11 Å². The fourth-order valence-corrected chi connectivity index (χ4v) is 6.24. The zero-order valence-electron chi connectivity index (χ0n) is 15.8. The second-order valence-electron chi connectivity index (χ2n) is 9.87. The van der Waals surface area contributed by atoms with Gasteiger partial charge in [0.15, 0.2) is 0 Å². The number of hydrogen-bond donors (Lipinski definition) is 1. The first kappa shape index (κ1) is 16.5. The Morgan fingerprint density at radius 2 is 1.96 bits per heavy atom. The molecular weight excluding hydrogens is 292 g/mol. The summed E-state index contributed by atoms with van der Waals surface area (Å²) in [5, 5.41) is 9.91. The van der Waals surface area contributed by atoms with Gasteiger partial charge in [-0.1, -0.05) is 39.7 Å². The maximum Gasteiger partial charge on any atom is 0.115 e. The zero-order chi connectivity index (χ0) is 16.9. The van der Waals surface area contributed by atoms with E-state index in [1.807, 2.05) is 12.1 Å². The van der Waals surface area contributed by atoms with Crippen molar-refractivity contribution in [2.24, 2.45) is 22.7 Å². The van der Waals surface area contributed by atoms with Gasteiger partial charge in [0.05, 0.1) is 0 Å². The molecule has 0 bridgehead atoms. The number of aryl methyl sites for hydroxylation is 1. The molecule has 0 heterocycles. The van der Waals surface area contributed by atoms with Crippen LogP contribution in [0.4, 0.5) is 0 Å². The summed E-state index contributed by atoms with van der Waals surface area (Å²) in [5.74, 6) is 2.87. The highest BCUT2D eigenvalue weighted by atomic mass is 16.3. The largest absolute Gasteiger partial charge is 0.508 e. The van der Waals surface area contributed by atoms with Gasteiger partial charge in [0.1, 0.15) is 5.75 Å². The first-order chi connectivity index (χ1) is 11.4. The standard InChI is InChI=1S/C23H34O/c1-16(2)5-6-18-14-23(10-4-11-23)15-21-20-8-7-19(24)13-17(20)9-12-22(18,21)3/h7-8,13,16,18,21,24H,4-6,9-12,14-15H2,1-3H3/t18-,21+,22-/m0/s1. The normalized spacial score (nSPS) is 33.8. The third kappa shape index (κ3) is 2.59. The lowest BCUT2D eigenvalue weighted by Crippen LogP contribution is -2.49. The number of rotatable bonds is 3. The van der Waals surface area contributed by atoms with Crippen LogP contribution in [0, 0.1) is 22.7 Å². The van der Waals surface area contributed by atoms with E-state index in [0.29, 0.717) is 22.5 Å². The number of phenolic OH excluding ortho intramolecular Hbond substituents is 1. The van der Waals surface area contributed by atoms with Crippen LogP contribution in [-0.2, 0) is 6.42 Å². The smallest absolute Gasteiger partial charge is 0.115 e. The number of benzene rings is 1. The average Bonchev–Trinajstić information content (AvgIpc) is 2.51. The highest BCUT2D eigenvalue weighted by molar-refractivity contribution is 5.41. The summed E-state index contributed by atoms with van der Waals surface area (Å²) in [4.78, 5) is 0. The van der Waals surface area contributed by atoms with Crippen LogP contribution in [-0.4, -0.2) is 5.11 Å². The molecule has 24 heavy (non-hydrogen) atoms. The summed E-state index contributed by atoms with van der Waals surface area (Å²) in [5.41, 5.74) is 4.12. The van der Waals surface area contributed by atoms with Crippen molar-refractivity contribution in [2.45, 2.75) is 84.5 Å². The Bertz CT molecular complexity index is 612. The number of phenols is 1. The summed E-state index contributed by atoms with van der Waals surface area (Å²) in [6.45, 7) is 7.35. The van der Waals surface area contributed by atoms with Crippen molar-refractivity contribution >= 4 is 0 Å². The average molecular weight is 327 g/mol. The predicted molar refractivity (Wildman–Crippen MR) is 100 cm³/mol. The molecule has 1 spiro atoms. The van der Waals surface area contributed by atoms with E-state index < -0.39 is 0 Å². The summed E-state index contributed by atoms with van der Waals surface area (Å²) in [6.07, 6.45) is 12.5. The van der Waals surface area contributed by atoms with Gasteiger partial charge in [-0.3, -0.25) is 0 Å². The number of fused-ring (bicyclic) bond motifs is 3. The summed E-state index contributed by atoms with van der Waals surface area (Å²) >= 11 is 0. The third-order valence-electron chi connectivity index (χ3n) is 7.99. The fourth-order valence-electron chi connectivity index (χ4n) is 6.24. The van der Waals surface area contributed by atoms with Gasteiger partial charge in [0, 0.05) is 0 Å². The van der Waals surface area contributed by atoms with Crippen molar-refractivity contribution in [1.29, 1.82) is 0 Å². The molecule has 0 unspecified atom stereocenters. The Morgan fingerprint density at radius 1 is 1.17 bits per heavy atom. The number of aromatic hydroxyl groups is 1. The molecule has 1 aromatic carbocycles. The van der Waals surface area contributed by atoms with Crippen molar-refractivity contribution in [3.05, 3.63) is 29.3 Å². The molecule has 3 aliphatic carbocycles. The molecule has 3 aliphatic rings. The lowest BCUT2D eigenvalue weighted by molar-refractivity contribution is -0.0585. The Kier molecular flexibility index (Phi) is 3.97. The maximum atomic E-state index is 9.91. The Hall–Kier alpha value is -0.980. The van der Waals surface area contributed by atoms with Crippen molar-refractivity contribution in [3.63, 3.8) is 0 Å². The molecule has 2 saturated carbocycles. The van der Waals surface area contributed by atoms with Crippen LogP contribution >= 0.6 is 0 Å². The summed E-state index contributed by atoms with van der Waals surface area (Å²) < 4.78 is 0. The van der Waals surface area contributed by atoms with E-state index in [2.05, 4.69) is 26.8 Å². The van der Waals surface area contributed by atoms with Gasteiger partial charge >= 0.3 is 0 Å². The Morgan fingerprint density at radius 3 is 2.62 bits per heavy atom. The van der Waals surface area contributed by atoms with Gasteiger partial charge < -0.3 is 5.11 Å². The minimum absolute atomic E-state index is 0.447. The van der Waals surface area contributed by atoms with Crippen molar-refractivity contribution in [3.8, 4) is 5.75 Å². The van der Waals surface area contributed by atoms with Crippen molar-refractivity contribution in [2.75, 3.05) is 0 Å². The highest BCUT2D eigenvalue weighted by Gasteiger charge is 2.55. The lowest BCUT2D eigenvalue weighted by atomic mass is 9.44. The van der Waals surface area contributed by atoms with E-state index in [1.165, 1.54) is 56.9 Å². The van der Waals surface area contributed by atoms with E-state index in [1.54, 1.807) is 5.56 Å². The Balaban J connectivity index is 1.69. The third-order valence-corrected chi connectivity index (χ3v) is 7.99. The topological polar surface area (TPSA) is 20.2 Å².